The second kappa shape index (κ2) is 9.52. The van der Waals surface area contributed by atoms with Crippen LogP contribution in [-0.4, -0.2) is 67.8 Å². The summed E-state index contributed by atoms with van der Waals surface area (Å²) in [6.45, 7) is 9.60. The van der Waals surface area contributed by atoms with E-state index in [4.69, 9.17) is 4.98 Å². The molecule has 0 aliphatic carbocycles. The number of amides is 1. The van der Waals surface area contributed by atoms with Crippen molar-refractivity contribution in [1.29, 1.82) is 0 Å². The molecular weight excluding hydrogens is 480 g/mol. The van der Waals surface area contributed by atoms with Crippen molar-refractivity contribution in [3.8, 4) is 0 Å². The molecule has 7 nitrogen and oxygen atoms in total. The minimum Gasteiger partial charge on any atom is -0.345 e. The van der Waals surface area contributed by atoms with Crippen molar-refractivity contribution in [2.45, 2.75) is 38.5 Å². The van der Waals surface area contributed by atoms with Crippen molar-refractivity contribution in [1.82, 2.24) is 14.2 Å². The molecule has 35 heavy (non-hydrogen) atoms. The molecule has 0 N–H and O–H groups in total. The number of carbonyl (C=O) groups is 1. The number of sulfonamides is 1. The number of piperazine rings is 1. The van der Waals surface area contributed by atoms with Crippen LogP contribution < -0.4 is 4.90 Å². The molecule has 2 saturated heterocycles. The average Bonchev–Trinajstić information content (AvgIpc) is 3.33. The van der Waals surface area contributed by atoms with Gasteiger partial charge in [-0.1, -0.05) is 41.2 Å². The summed E-state index contributed by atoms with van der Waals surface area (Å²) >= 11 is 1.72. The van der Waals surface area contributed by atoms with Gasteiger partial charge in [0.1, 0.15) is 0 Å². The highest BCUT2D eigenvalue weighted by Crippen LogP contribution is 2.33. The van der Waals surface area contributed by atoms with E-state index in [0.29, 0.717) is 31.0 Å². The van der Waals surface area contributed by atoms with Gasteiger partial charge in [0, 0.05) is 39.3 Å². The van der Waals surface area contributed by atoms with Gasteiger partial charge in [0.15, 0.2) is 5.13 Å². The first-order chi connectivity index (χ1) is 16.7. The standard InChI is InChI=1S/C26H32N4O3S2/c1-18-6-10-22(11-7-18)35(32,33)30-12-4-5-21(17-30)25(31)28-13-15-29(16-14-28)26-27-23-19(2)8-9-20(3)24(23)34-26/h6-11,21H,4-5,12-17H2,1-3H3. The zero-order valence-corrected chi connectivity index (χ0v) is 22.2. The van der Waals surface area contributed by atoms with E-state index in [0.717, 1.165) is 35.7 Å². The van der Waals surface area contributed by atoms with Gasteiger partial charge in [0.05, 0.1) is 21.0 Å². The third-order valence-corrected chi connectivity index (χ3v) is 10.3. The van der Waals surface area contributed by atoms with Gasteiger partial charge in [-0.15, -0.1) is 0 Å². The Morgan fingerprint density at radius 3 is 2.31 bits per heavy atom. The number of carbonyl (C=O) groups excluding carboxylic acids is 1. The second-order valence-electron chi connectivity index (χ2n) is 9.70. The first-order valence-corrected chi connectivity index (χ1v) is 14.5. The quantitative estimate of drug-likeness (QED) is 0.529. The molecule has 5 rings (SSSR count). The summed E-state index contributed by atoms with van der Waals surface area (Å²) in [6, 6.07) is 11.2. The van der Waals surface area contributed by atoms with Gasteiger partial charge in [0.25, 0.3) is 0 Å². The monoisotopic (exact) mass is 512 g/mol. The van der Waals surface area contributed by atoms with Crippen molar-refractivity contribution >= 4 is 42.6 Å². The molecule has 1 atom stereocenters. The summed E-state index contributed by atoms with van der Waals surface area (Å²) in [5.41, 5.74) is 4.52. The Labute approximate surface area is 211 Å². The Kier molecular flexibility index (Phi) is 6.59. The lowest BCUT2D eigenvalue weighted by Crippen LogP contribution is -2.53. The number of thiazole rings is 1. The van der Waals surface area contributed by atoms with Gasteiger partial charge >= 0.3 is 0 Å². The zero-order chi connectivity index (χ0) is 24.7. The summed E-state index contributed by atoms with van der Waals surface area (Å²) in [6.07, 6.45) is 1.43. The lowest BCUT2D eigenvalue weighted by Gasteiger charge is -2.38. The van der Waals surface area contributed by atoms with Gasteiger partial charge in [-0.3, -0.25) is 4.79 Å². The van der Waals surface area contributed by atoms with Crippen molar-refractivity contribution in [2.24, 2.45) is 5.92 Å². The molecule has 1 aromatic heterocycles. The lowest BCUT2D eigenvalue weighted by molar-refractivity contribution is -0.137. The average molecular weight is 513 g/mol. The van der Waals surface area contributed by atoms with Crippen LogP contribution in [-0.2, 0) is 14.8 Å². The third-order valence-electron chi connectivity index (χ3n) is 7.18. The maximum Gasteiger partial charge on any atom is 0.243 e. The molecular formula is C26H32N4O3S2. The second-order valence-corrected chi connectivity index (χ2v) is 12.6. The zero-order valence-electron chi connectivity index (χ0n) is 20.5. The summed E-state index contributed by atoms with van der Waals surface area (Å²) in [5, 5.41) is 1.01. The van der Waals surface area contributed by atoms with E-state index in [-0.39, 0.29) is 18.4 Å². The molecule has 0 bridgehead atoms. The van der Waals surface area contributed by atoms with E-state index in [1.165, 1.54) is 20.1 Å². The molecule has 0 radical (unpaired) electrons. The number of hydrogen-bond acceptors (Lipinski definition) is 6. The van der Waals surface area contributed by atoms with Gasteiger partial charge in [-0.05, 0) is 56.9 Å². The van der Waals surface area contributed by atoms with E-state index in [9.17, 15) is 13.2 Å². The fourth-order valence-corrected chi connectivity index (χ4v) is 7.67. The minimum atomic E-state index is -3.59. The van der Waals surface area contributed by atoms with Crippen molar-refractivity contribution < 1.29 is 13.2 Å². The molecule has 2 aliphatic rings. The minimum absolute atomic E-state index is 0.0736. The molecule has 0 spiro atoms. The number of aryl methyl sites for hydroxylation is 3. The molecule has 1 amide bonds. The predicted octanol–water partition coefficient (Wildman–Crippen LogP) is 3.97. The van der Waals surface area contributed by atoms with Crippen molar-refractivity contribution in [2.75, 3.05) is 44.2 Å². The van der Waals surface area contributed by atoms with Crippen molar-refractivity contribution in [3.05, 3.63) is 53.1 Å². The number of piperidine rings is 1. The predicted molar refractivity (Wildman–Crippen MR) is 141 cm³/mol. The fourth-order valence-electron chi connectivity index (χ4n) is 4.98. The number of nitrogens with zero attached hydrogens (tertiary/aromatic N) is 4. The number of anilines is 1. The van der Waals surface area contributed by atoms with E-state index >= 15 is 0 Å². The molecule has 9 heteroatoms. The van der Waals surface area contributed by atoms with E-state index in [2.05, 4.69) is 30.9 Å². The Morgan fingerprint density at radius 2 is 1.63 bits per heavy atom. The number of benzene rings is 2. The first kappa shape index (κ1) is 24.2. The Balaban J connectivity index is 1.23. The molecule has 1 unspecified atom stereocenters. The fraction of sp³-hybridized carbons (Fsp3) is 0.462. The Morgan fingerprint density at radius 1 is 0.943 bits per heavy atom. The molecule has 186 valence electrons. The van der Waals surface area contributed by atoms with Crippen LogP contribution in [0.4, 0.5) is 5.13 Å². The van der Waals surface area contributed by atoms with Gasteiger partial charge in [-0.2, -0.15) is 4.31 Å². The SMILES string of the molecule is Cc1ccc(S(=O)(=O)N2CCCC(C(=O)N3CCN(c4nc5c(C)ccc(C)c5s4)CC3)C2)cc1. The molecule has 2 aliphatic heterocycles. The van der Waals surface area contributed by atoms with Crippen LogP contribution in [0.5, 0.6) is 0 Å². The van der Waals surface area contributed by atoms with Gasteiger partial charge < -0.3 is 9.80 Å². The van der Waals surface area contributed by atoms with E-state index < -0.39 is 10.0 Å². The van der Waals surface area contributed by atoms with Crippen LogP contribution in [0, 0.1) is 26.7 Å². The molecule has 2 aromatic carbocycles. The van der Waals surface area contributed by atoms with Crippen LogP contribution in [0.25, 0.3) is 10.2 Å². The van der Waals surface area contributed by atoms with Gasteiger partial charge in [0.2, 0.25) is 15.9 Å². The van der Waals surface area contributed by atoms with Crippen LogP contribution in [0.2, 0.25) is 0 Å². The lowest BCUT2D eigenvalue weighted by atomic mass is 9.98. The van der Waals surface area contributed by atoms with Crippen LogP contribution >= 0.6 is 11.3 Å². The highest BCUT2D eigenvalue weighted by Gasteiger charge is 2.36. The number of rotatable bonds is 4. The van der Waals surface area contributed by atoms with Gasteiger partial charge in [-0.25, -0.2) is 13.4 Å². The van der Waals surface area contributed by atoms with Crippen molar-refractivity contribution in [3.63, 3.8) is 0 Å². The third kappa shape index (κ3) is 4.69. The Hall–Kier alpha value is -2.49. The summed E-state index contributed by atoms with van der Waals surface area (Å²) < 4.78 is 29.0. The molecule has 3 aromatic rings. The number of fused-ring (bicyclic) bond motifs is 1. The number of hydrogen-bond donors (Lipinski definition) is 0. The van der Waals surface area contributed by atoms with Crippen LogP contribution in [0.3, 0.4) is 0 Å². The van der Waals surface area contributed by atoms with E-state index in [1.54, 1.807) is 23.5 Å². The van der Waals surface area contributed by atoms with Crippen LogP contribution in [0.1, 0.15) is 29.5 Å². The maximum atomic E-state index is 13.4. The summed E-state index contributed by atoms with van der Waals surface area (Å²) in [5.74, 6) is -0.215. The first-order valence-electron chi connectivity index (χ1n) is 12.2. The van der Waals surface area contributed by atoms with E-state index in [1.807, 2.05) is 24.0 Å². The summed E-state index contributed by atoms with van der Waals surface area (Å²) in [4.78, 5) is 22.7. The normalized spacial score (nSPS) is 19.9. The smallest absolute Gasteiger partial charge is 0.243 e. The largest absolute Gasteiger partial charge is 0.345 e. The highest BCUT2D eigenvalue weighted by molar-refractivity contribution is 7.89. The summed E-state index contributed by atoms with van der Waals surface area (Å²) in [7, 11) is -3.59. The highest BCUT2D eigenvalue weighted by atomic mass is 32.2. The topological polar surface area (TPSA) is 73.8 Å². The molecule has 0 saturated carbocycles. The molecule has 2 fully saturated rings. The molecule has 3 heterocycles. The van der Waals surface area contributed by atoms with Crippen LogP contribution in [0.15, 0.2) is 41.3 Å². The Bertz CT molecular complexity index is 1300. The maximum absolute atomic E-state index is 13.4. The number of aromatic nitrogens is 1.